The number of aliphatic hydroxyl groups excluding tert-OH is 1. The van der Waals surface area contributed by atoms with E-state index < -0.39 is 0 Å². The molecule has 0 radical (unpaired) electrons. The lowest BCUT2D eigenvalue weighted by Crippen LogP contribution is -2.36. The third-order valence-electron chi connectivity index (χ3n) is 4.42. The quantitative estimate of drug-likeness (QED) is 0.867. The van der Waals surface area contributed by atoms with Crippen molar-refractivity contribution in [2.75, 3.05) is 13.1 Å². The van der Waals surface area contributed by atoms with Crippen molar-refractivity contribution in [1.82, 2.24) is 9.47 Å². The maximum absolute atomic E-state index is 12.3. The van der Waals surface area contributed by atoms with Crippen LogP contribution in [0.3, 0.4) is 0 Å². The third kappa shape index (κ3) is 2.54. The van der Waals surface area contributed by atoms with Crippen LogP contribution in [0.5, 0.6) is 0 Å². The van der Waals surface area contributed by atoms with Crippen molar-refractivity contribution in [3.63, 3.8) is 0 Å². The minimum absolute atomic E-state index is 0.0493. The van der Waals surface area contributed by atoms with Crippen LogP contribution in [0.25, 0.3) is 0 Å². The van der Waals surface area contributed by atoms with Gasteiger partial charge in [-0.3, -0.25) is 9.59 Å². The third-order valence-corrected chi connectivity index (χ3v) is 4.89. The van der Waals surface area contributed by atoms with Gasteiger partial charge in [-0.15, -0.1) is 0 Å². The SMILES string of the molecule is O=C(Cn1cc(Br)ccc1=O)N1CC2CCC(O)C2C1. The summed E-state index contributed by atoms with van der Waals surface area (Å²) >= 11 is 3.30. The average Bonchev–Trinajstić information content (AvgIpc) is 2.97. The summed E-state index contributed by atoms with van der Waals surface area (Å²) < 4.78 is 2.19. The largest absolute Gasteiger partial charge is 0.393 e. The van der Waals surface area contributed by atoms with Crippen LogP contribution >= 0.6 is 15.9 Å². The molecule has 3 rings (SSSR count). The van der Waals surface area contributed by atoms with E-state index in [2.05, 4.69) is 15.9 Å². The Morgan fingerprint density at radius 1 is 1.35 bits per heavy atom. The molecule has 1 aliphatic carbocycles. The molecule has 1 N–H and O–H groups in total. The van der Waals surface area contributed by atoms with Crippen LogP contribution in [0.15, 0.2) is 27.6 Å². The number of hydrogen-bond acceptors (Lipinski definition) is 3. The van der Waals surface area contributed by atoms with Crippen LogP contribution in [0, 0.1) is 11.8 Å². The standard InChI is InChI=1S/C14H17BrN2O3/c15-10-2-4-13(19)17(6-10)8-14(20)16-5-9-1-3-12(18)11(9)7-16/h2,4,6,9,11-12,18H,1,3,5,7-8H2. The van der Waals surface area contributed by atoms with Crippen LogP contribution in [0.4, 0.5) is 0 Å². The summed E-state index contributed by atoms with van der Waals surface area (Å²) in [5.74, 6) is 0.596. The van der Waals surface area contributed by atoms with Crippen LogP contribution in [0.1, 0.15) is 12.8 Å². The average molecular weight is 341 g/mol. The molecule has 2 fully saturated rings. The molecule has 1 aliphatic heterocycles. The van der Waals surface area contributed by atoms with Crippen molar-refractivity contribution in [3.8, 4) is 0 Å². The monoisotopic (exact) mass is 340 g/mol. The van der Waals surface area contributed by atoms with Gasteiger partial charge in [0.25, 0.3) is 5.56 Å². The van der Waals surface area contributed by atoms with Crippen molar-refractivity contribution in [2.45, 2.75) is 25.5 Å². The lowest BCUT2D eigenvalue weighted by molar-refractivity contribution is -0.131. The van der Waals surface area contributed by atoms with E-state index in [1.54, 1.807) is 17.2 Å². The first kappa shape index (κ1) is 13.8. The summed E-state index contributed by atoms with van der Waals surface area (Å²) in [6.07, 6.45) is 3.20. The molecule has 0 aromatic carbocycles. The lowest BCUT2D eigenvalue weighted by atomic mass is 10.00. The summed E-state index contributed by atoms with van der Waals surface area (Å²) in [5.41, 5.74) is -0.180. The topological polar surface area (TPSA) is 62.5 Å². The van der Waals surface area contributed by atoms with E-state index in [0.717, 1.165) is 17.3 Å². The lowest BCUT2D eigenvalue weighted by Gasteiger charge is -2.19. The maximum atomic E-state index is 12.3. The summed E-state index contributed by atoms with van der Waals surface area (Å²) in [5, 5.41) is 9.87. The molecule has 108 valence electrons. The Bertz CT molecular complexity index is 586. The highest BCUT2D eigenvalue weighted by molar-refractivity contribution is 9.10. The normalized spacial score (nSPS) is 28.7. The number of carbonyl (C=O) groups is 1. The number of pyridine rings is 1. The van der Waals surface area contributed by atoms with E-state index in [1.165, 1.54) is 10.6 Å². The molecule has 1 saturated heterocycles. The molecule has 5 nitrogen and oxygen atoms in total. The second kappa shape index (κ2) is 5.33. The fraction of sp³-hybridized carbons (Fsp3) is 0.571. The molecule has 3 atom stereocenters. The van der Waals surface area contributed by atoms with Gasteiger partial charge in [0, 0.05) is 35.7 Å². The minimum atomic E-state index is -0.272. The second-order valence-electron chi connectivity index (χ2n) is 5.68. The molecule has 20 heavy (non-hydrogen) atoms. The van der Waals surface area contributed by atoms with Crippen molar-refractivity contribution < 1.29 is 9.90 Å². The number of aromatic nitrogens is 1. The Kier molecular flexibility index (Phi) is 3.69. The molecule has 2 aliphatic rings. The first-order chi connectivity index (χ1) is 9.54. The maximum Gasteiger partial charge on any atom is 0.251 e. The van der Waals surface area contributed by atoms with E-state index in [0.29, 0.717) is 19.0 Å². The Morgan fingerprint density at radius 3 is 2.90 bits per heavy atom. The molecule has 1 aromatic rings. The fourth-order valence-electron chi connectivity index (χ4n) is 3.31. The number of amides is 1. The van der Waals surface area contributed by atoms with Gasteiger partial charge in [0.15, 0.2) is 0 Å². The smallest absolute Gasteiger partial charge is 0.251 e. The summed E-state index contributed by atoms with van der Waals surface area (Å²) in [7, 11) is 0. The van der Waals surface area contributed by atoms with E-state index in [9.17, 15) is 14.7 Å². The van der Waals surface area contributed by atoms with Gasteiger partial charge in [-0.1, -0.05) is 0 Å². The minimum Gasteiger partial charge on any atom is -0.393 e. The van der Waals surface area contributed by atoms with Crippen LogP contribution < -0.4 is 5.56 Å². The van der Waals surface area contributed by atoms with Crippen molar-refractivity contribution in [3.05, 3.63) is 33.2 Å². The highest BCUT2D eigenvalue weighted by atomic mass is 79.9. The number of rotatable bonds is 2. The Morgan fingerprint density at radius 2 is 2.15 bits per heavy atom. The van der Waals surface area contributed by atoms with E-state index in [4.69, 9.17) is 0 Å². The Balaban J connectivity index is 1.69. The first-order valence-corrected chi connectivity index (χ1v) is 7.66. The van der Waals surface area contributed by atoms with Gasteiger partial charge in [0.05, 0.1) is 6.10 Å². The zero-order valence-corrected chi connectivity index (χ0v) is 12.6. The number of aliphatic hydroxyl groups is 1. The molecule has 1 amide bonds. The molecule has 0 bridgehead atoms. The van der Waals surface area contributed by atoms with E-state index >= 15 is 0 Å². The van der Waals surface area contributed by atoms with E-state index in [-0.39, 0.29) is 30.0 Å². The predicted molar refractivity (Wildman–Crippen MR) is 77.2 cm³/mol. The molecule has 1 aromatic heterocycles. The van der Waals surface area contributed by atoms with Crippen molar-refractivity contribution in [1.29, 1.82) is 0 Å². The number of fused-ring (bicyclic) bond motifs is 1. The molecule has 6 heteroatoms. The predicted octanol–water partition coefficient (Wildman–Crippen LogP) is 0.840. The van der Waals surface area contributed by atoms with Gasteiger partial charge in [-0.25, -0.2) is 0 Å². The second-order valence-corrected chi connectivity index (χ2v) is 6.60. The number of carbonyl (C=O) groups excluding carboxylic acids is 1. The van der Waals surface area contributed by atoms with Crippen molar-refractivity contribution in [2.24, 2.45) is 11.8 Å². The molecule has 1 saturated carbocycles. The summed E-state index contributed by atoms with van der Waals surface area (Å²) in [6, 6.07) is 3.11. The molecule has 3 unspecified atom stereocenters. The zero-order chi connectivity index (χ0) is 14.3. The van der Waals surface area contributed by atoms with Gasteiger partial charge < -0.3 is 14.6 Å². The summed E-state index contributed by atoms with van der Waals surface area (Å²) in [6.45, 7) is 1.39. The summed E-state index contributed by atoms with van der Waals surface area (Å²) in [4.78, 5) is 25.8. The molecule has 0 spiro atoms. The Labute approximate surface area is 125 Å². The number of halogens is 1. The van der Waals surface area contributed by atoms with Gasteiger partial charge in [-0.2, -0.15) is 0 Å². The van der Waals surface area contributed by atoms with Crippen LogP contribution in [-0.4, -0.2) is 39.7 Å². The highest BCUT2D eigenvalue weighted by Gasteiger charge is 2.43. The van der Waals surface area contributed by atoms with Crippen molar-refractivity contribution >= 4 is 21.8 Å². The highest BCUT2D eigenvalue weighted by Crippen LogP contribution is 2.38. The van der Waals surface area contributed by atoms with Gasteiger partial charge in [0.1, 0.15) is 6.54 Å². The fourth-order valence-corrected chi connectivity index (χ4v) is 3.69. The zero-order valence-electron chi connectivity index (χ0n) is 11.0. The molecule has 2 heterocycles. The van der Waals surface area contributed by atoms with Crippen LogP contribution in [-0.2, 0) is 11.3 Å². The number of hydrogen-bond donors (Lipinski definition) is 1. The Hall–Kier alpha value is -1.14. The molecular weight excluding hydrogens is 324 g/mol. The number of likely N-dealkylation sites (tertiary alicyclic amines) is 1. The van der Waals surface area contributed by atoms with Gasteiger partial charge in [0.2, 0.25) is 5.91 Å². The molecular formula is C14H17BrN2O3. The van der Waals surface area contributed by atoms with Gasteiger partial charge in [-0.05, 0) is 40.8 Å². The van der Waals surface area contributed by atoms with E-state index in [1.807, 2.05) is 0 Å². The first-order valence-electron chi connectivity index (χ1n) is 6.86. The van der Waals surface area contributed by atoms with Gasteiger partial charge >= 0.3 is 0 Å². The number of nitrogens with zero attached hydrogens (tertiary/aromatic N) is 2. The van der Waals surface area contributed by atoms with Crippen LogP contribution in [0.2, 0.25) is 0 Å².